The third kappa shape index (κ3) is 3.52. The summed E-state index contributed by atoms with van der Waals surface area (Å²) in [6.45, 7) is 1.40. The Balaban J connectivity index is 1.65. The summed E-state index contributed by atoms with van der Waals surface area (Å²) in [7, 11) is 0. The lowest BCUT2D eigenvalue weighted by molar-refractivity contribution is 0.207. The van der Waals surface area contributed by atoms with Crippen molar-refractivity contribution in [1.82, 2.24) is 0 Å². The van der Waals surface area contributed by atoms with Crippen LogP contribution in [0.5, 0.6) is 5.75 Å². The molecule has 4 heteroatoms. The minimum absolute atomic E-state index is 0.0586. The summed E-state index contributed by atoms with van der Waals surface area (Å²) in [5.74, 6) is 2.30. The quantitative estimate of drug-likeness (QED) is 0.603. The third-order valence-electron chi connectivity index (χ3n) is 4.25. The Morgan fingerprint density at radius 2 is 1.90 bits per heavy atom. The maximum atomic E-state index is 5.86. The van der Waals surface area contributed by atoms with Gasteiger partial charge in [0.15, 0.2) is 0 Å². The Hall–Kier alpha value is -1.22. The normalized spacial score (nSPS) is 20.1. The Bertz CT molecular complexity index is 492. The first-order valence-electron chi connectivity index (χ1n) is 7.83. The predicted octanol–water partition coefficient (Wildman–Crippen LogP) is 4.17. The van der Waals surface area contributed by atoms with Crippen LogP contribution in [0.15, 0.2) is 29.3 Å². The fraction of sp³-hybridized carbons (Fsp3) is 0.588. The van der Waals surface area contributed by atoms with E-state index in [2.05, 4.69) is 0 Å². The first-order chi connectivity index (χ1) is 10.3. The van der Waals surface area contributed by atoms with Crippen LogP contribution in [0, 0.1) is 0 Å². The topological polar surface area (TPSA) is 30.8 Å². The highest BCUT2D eigenvalue weighted by Crippen LogP contribution is 2.36. The van der Waals surface area contributed by atoms with Crippen molar-refractivity contribution < 1.29 is 9.47 Å². The summed E-state index contributed by atoms with van der Waals surface area (Å²) >= 11 is 5.64. The number of hydrogen-bond acceptors (Lipinski definition) is 3. The highest BCUT2D eigenvalue weighted by molar-refractivity contribution is 6.17. The highest BCUT2D eigenvalue weighted by atomic mass is 35.5. The van der Waals surface area contributed by atoms with E-state index < -0.39 is 0 Å². The second kappa shape index (κ2) is 6.69. The fourth-order valence-electron chi connectivity index (χ4n) is 3.03. The summed E-state index contributed by atoms with van der Waals surface area (Å²) in [5.41, 5.74) is 1.10. The van der Waals surface area contributed by atoms with Crippen molar-refractivity contribution in [3.63, 3.8) is 0 Å². The Labute approximate surface area is 131 Å². The van der Waals surface area contributed by atoms with Crippen LogP contribution in [0.4, 0.5) is 0 Å². The first-order valence-corrected chi connectivity index (χ1v) is 8.37. The molecule has 0 saturated heterocycles. The number of ether oxygens (including phenoxy) is 2. The van der Waals surface area contributed by atoms with Crippen LogP contribution in [0.25, 0.3) is 0 Å². The zero-order chi connectivity index (χ0) is 14.5. The molecular weight excluding hydrogens is 286 g/mol. The van der Waals surface area contributed by atoms with E-state index in [9.17, 15) is 0 Å². The summed E-state index contributed by atoms with van der Waals surface area (Å²) in [6, 6.07) is 8.00. The molecule has 21 heavy (non-hydrogen) atoms. The molecule has 1 aliphatic carbocycles. The molecule has 0 aromatic heterocycles. The van der Waals surface area contributed by atoms with Gasteiger partial charge >= 0.3 is 0 Å². The summed E-state index contributed by atoms with van der Waals surface area (Å²) < 4.78 is 11.5. The minimum Gasteiger partial charge on any atom is -0.494 e. The van der Waals surface area contributed by atoms with Gasteiger partial charge in [0.2, 0.25) is 5.90 Å². The lowest BCUT2D eigenvalue weighted by Crippen LogP contribution is -2.30. The molecule has 114 valence electrons. The second-order valence-corrected chi connectivity index (χ2v) is 6.28. The van der Waals surface area contributed by atoms with E-state index in [-0.39, 0.29) is 5.54 Å². The molecule has 3 nitrogen and oxygen atoms in total. The monoisotopic (exact) mass is 307 g/mol. The van der Waals surface area contributed by atoms with Gasteiger partial charge < -0.3 is 9.47 Å². The summed E-state index contributed by atoms with van der Waals surface area (Å²) in [4.78, 5) is 4.89. The van der Waals surface area contributed by atoms with E-state index in [1.807, 2.05) is 24.3 Å². The predicted molar refractivity (Wildman–Crippen MR) is 85.6 cm³/mol. The minimum atomic E-state index is 0.0586. The molecule has 1 heterocycles. The molecule has 0 bridgehead atoms. The van der Waals surface area contributed by atoms with Crippen molar-refractivity contribution in [3.8, 4) is 5.75 Å². The summed E-state index contributed by atoms with van der Waals surface area (Å²) in [5, 5.41) is 0. The number of aliphatic imine (C=N–C) groups is 1. The van der Waals surface area contributed by atoms with Crippen molar-refractivity contribution in [2.45, 2.75) is 44.1 Å². The molecule has 0 amide bonds. The van der Waals surface area contributed by atoms with Gasteiger partial charge in [-0.1, -0.05) is 19.3 Å². The van der Waals surface area contributed by atoms with Crippen molar-refractivity contribution in [2.24, 2.45) is 4.99 Å². The van der Waals surface area contributed by atoms with Gasteiger partial charge in [-0.2, -0.15) is 0 Å². The smallest absolute Gasteiger partial charge is 0.216 e. The van der Waals surface area contributed by atoms with Crippen LogP contribution in [-0.4, -0.2) is 30.5 Å². The molecule has 1 saturated carbocycles. The molecule has 0 N–H and O–H groups in total. The van der Waals surface area contributed by atoms with Crippen LogP contribution < -0.4 is 4.74 Å². The molecule has 0 atom stereocenters. The zero-order valence-corrected chi connectivity index (χ0v) is 13.1. The maximum Gasteiger partial charge on any atom is 0.216 e. The van der Waals surface area contributed by atoms with Crippen molar-refractivity contribution in [2.75, 3.05) is 19.1 Å². The Morgan fingerprint density at radius 1 is 1.14 bits per heavy atom. The SMILES string of the molecule is ClCCCOc1ccc(C2=NC3(CCCCC3)CO2)cc1. The number of rotatable bonds is 5. The van der Waals surface area contributed by atoms with E-state index in [4.69, 9.17) is 26.1 Å². The number of halogens is 1. The van der Waals surface area contributed by atoms with E-state index in [0.717, 1.165) is 43.1 Å². The van der Waals surface area contributed by atoms with Crippen LogP contribution in [-0.2, 0) is 4.74 Å². The lowest BCUT2D eigenvalue weighted by atomic mass is 9.83. The number of nitrogens with zero attached hydrogens (tertiary/aromatic N) is 1. The van der Waals surface area contributed by atoms with Gasteiger partial charge in [-0.05, 0) is 43.5 Å². The van der Waals surface area contributed by atoms with E-state index in [1.165, 1.54) is 19.3 Å². The van der Waals surface area contributed by atoms with Gasteiger partial charge in [0.05, 0.1) is 12.1 Å². The molecule has 0 unspecified atom stereocenters. The molecule has 2 aliphatic rings. The van der Waals surface area contributed by atoms with E-state index in [1.54, 1.807) is 0 Å². The van der Waals surface area contributed by atoms with Crippen molar-refractivity contribution >= 4 is 17.5 Å². The van der Waals surface area contributed by atoms with Gasteiger partial charge in [-0.25, -0.2) is 4.99 Å². The van der Waals surface area contributed by atoms with Gasteiger partial charge in [0.25, 0.3) is 0 Å². The average molecular weight is 308 g/mol. The van der Waals surface area contributed by atoms with Gasteiger partial charge in [0, 0.05) is 11.4 Å². The van der Waals surface area contributed by atoms with Crippen LogP contribution in [0.2, 0.25) is 0 Å². The first kappa shape index (κ1) is 14.7. The number of hydrogen-bond donors (Lipinski definition) is 0. The largest absolute Gasteiger partial charge is 0.494 e. The summed E-state index contributed by atoms with van der Waals surface area (Å²) in [6.07, 6.45) is 7.07. The van der Waals surface area contributed by atoms with Crippen LogP contribution >= 0.6 is 11.6 Å². The molecule has 1 fully saturated rings. The fourth-order valence-corrected chi connectivity index (χ4v) is 3.14. The molecule has 1 aromatic rings. The van der Waals surface area contributed by atoms with E-state index in [0.29, 0.717) is 12.5 Å². The van der Waals surface area contributed by atoms with Crippen LogP contribution in [0.1, 0.15) is 44.1 Å². The number of benzene rings is 1. The van der Waals surface area contributed by atoms with Gasteiger partial charge in [-0.15, -0.1) is 11.6 Å². The third-order valence-corrected chi connectivity index (χ3v) is 4.52. The zero-order valence-electron chi connectivity index (χ0n) is 12.3. The Morgan fingerprint density at radius 3 is 2.62 bits per heavy atom. The maximum absolute atomic E-state index is 5.86. The molecule has 1 aliphatic heterocycles. The molecule has 0 radical (unpaired) electrons. The standard InChI is InChI=1S/C17H22ClNO2/c18-11-4-12-20-15-7-5-14(6-8-15)16-19-17(13-21-16)9-2-1-3-10-17/h5-8H,1-4,9-13H2. The average Bonchev–Trinajstić information content (AvgIpc) is 2.93. The second-order valence-electron chi connectivity index (χ2n) is 5.91. The van der Waals surface area contributed by atoms with Gasteiger partial charge in [0.1, 0.15) is 12.4 Å². The van der Waals surface area contributed by atoms with E-state index >= 15 is 0 Å². The van der Waals surface area contributed by atoms with Crippen molar-refractivity contribution in [1.29, 1.82) is 0 Å². The lowest BCUT2D eigenvalue weighted by Gasteiger charge is -2.27. The molecule has 3 rings (SSSR count). The van der Waals surface area contributed by atoms with Crippen molar-refractivity contribution in [3.05, 3.63) is 29.8 Å². The highest BCUT2D eigenvalue weighted by Gasteiger charge is 2.37. The molecule has 1 spiro atoms. The van der Waals surface area contributed by atoms with Gasteiger partial charge in [-0.3, -0.25) is 0 Å². The number of alkyl halides is 1. The molecule has 1 aromatic carbocycles. The molecular formula is C17H22ClNO2. The Kier molecular flexibility index (Phi) is 4.69. The van der Waals surface area contributed by atoms with Crippen LogP contribution in [0.3, 0.4) is 0 Å².